The van der Waals surface area contributed by atoms with Gasteiger partial charge >= 0.3 is 5.97 Å². The molecule has 0 aliphatic carbocycles. The first kappa shape index (κ1) is 17.6. The fourth-order valence-electron chi connectivity index (χ4n) is 1.53. The van der Waals surface area contributed by atoms with Crippen molar-refractivity contribution in [2.75, 3.05) is 13.2 Å². The van der Waals surface area contributed by atoms with Gasteiger partial charge in [0.15, 0.2) is 0 Å². The molecule has 0 aromatic heterocycles. The van der Waals surface area contributed by atoms with Gasteiger partial charge in [-0.3, -0.25) is 9.59 Å². The van der Waals surface area contributed by atoms with Crippen molar-refractivity contribution in [3.63, 3.8) is 0 Å². The van der Waals surface area contributed by atoms with Crippen molar-refractivity contribution in [2.24, 2.45) is 0 Å². The van der Waals surface area contributed by atoms with Gasteiger partial charge in [-0.15, -0.1) is 0 Å². The number of hydrogen-bond acceptors (Lipinski definition) is 4. The minimum absolute atomic E-state index is 0.274. The Morgan fingerprint density at radius 1 is 1.21 bits per heavy atom. The van der Waals surface area contributed by atoms with E-state index in [4.69, 9.17) is 9.84 Å². The van der Waals surface area contributed by atoms with E-state index >= 15 is 0 Å². The van der Waals surface area contributed by atoms with E-state index in [-0.39, 0.29) is 12.2 Å². The maximum absolute atomic E-state index is 11.3. The summed E-state index contributed by atoms with van der Waals surface area (Å²) in [5.74, 6) is -1.90. The van der Waals surface area contributed by atoms with Gasteiger partial charge in [0, 0.05) is 13.2 Å². The zero-order valence-corrected chi connectivity index (χ0v) is 11.6. The normalized spacial score (nSPS) is 11.9. The number of aliphatic carboxylic acids is 1. The lowest BCUT2D eigenvalue weighted by Gasteiger charge is -2.13. The second-order valence-electron chi connectivity index (χ2n) is 4.45. The summed E-state index contributed by atoms with van der Waals surface area (Å²) in [7, 11) is 0. The molecule has 0 saturated carbocycles. The molecule has 0 aliphatic rings. The molecule has 0 spiro atoms. The van der Waals surface area contributed by atoms with Crippen LogP contribution >= 0.6 is 0 Å². The highest BCUT2D eigenvalue weighted by atomic mass is 16.5. The van der Waals surface area contributed by atoms with Gasteiger partial charge in [-0.25, -0.2) is 4.79 Å². The van der Waals surface area contributed by atoms with Crippen molar-refractivity contribution < 1.29 is 24.2 Å². The Kier molecular flexibility index (Phi) is 9.70. The Balaban J connectivity index is 3.90. The van der Waals surface area contributed by atoms with Crippen LogP contribution < -0.4 is 5.32 Å². The number of amides is 1. The SMILES string of the molecule is CCCOCCCCC(NC(=O)CC(C)=O)C(=O)O. The summed E-state index contributed by atoms with van der Waals surface area (Å²) in [5, 5.41) is 11.3. The van der Waals surface area contributed by atoms with Crippen LogP contribution in [0.15, 0.2) is 0 Å². The molecule has 0 aliphatic heterocycles. The van der Waals surface area contributed by atoms with Crippen LogP contribution in [-0.4, -0.2) is 42.0 Å². The fraction of sp³-hybridized carbons (Fsp3) is 0.769. The standard InChI is InChI=1S/C13H23NO5/c1-3-7-19-8-5-4-6-11(13(17)18)14-12(16)9-10(2)15/h11H,3-9H2,1-2H3,(H,14,16)(H,17,18). The highest BCUT2D eigenvalue weighted by molar-refractivity contribution is 5.98. The van der Waals surface area contributed by atoms with Crippen molar-refractivity contribution in [3.8, 4) is 0 Å². The molecule has 0 aromatic rings. The summed E-state index contributed by atoms with van der Waals surface area (Å²) in [5.41, 5.74) is 0. The number of carboxylic acid groups (broad SMARTS) is 1. The van der Waals surface area contributed by atoms with Crippen molar-refractivity contribution in [1.29, 1.82) is 0 Å². The van der Waals surface area contributed by atoms with E-state index in [1.807, 2.05) is 6.92 Å². The zero-order chi connectivity index (χ0) is 14.7. The summed E-state index contributed by atoms with van der Waals surface area (Å²) >= 11 is 0. The van der Waals surface area contributed by atoms with Crippen molar-refractivity contribution >= 4 is 17.7 Å². The number of carbonyl (C=O) groups is 3. The molecular formula is C13H23NO5. The Labute approximate surface area is 113 Å². The van der Waals surface area contributed by atoms with E-state index in [0.29, 0.717) is 26.1 Å². The second kappa shape index (κ2) is 10.5. The third-order valence-corrected chi connectivity index (χ3v) is 2.42. The number of nitrogens with one attached hydrogen (secondary N) is 1. The van der Waals surface area contributed by atoms with Crippen LogP contribution in [0.4, 0.5) is 0 Å². The Hall–Kier alpha value is -1.43. The summed E-state index contributed by atoms with van der Waals surface area (Å²) in [6.45, 7) is 4.62. The topological polar surface area (TPSA) is 92.7 Å². The van der Waals surface area contributed by atoms with Gasteiger partial charge < -0.3 is 15.2 Å². The number of unbranched alkanes of at least 4 members (excludes halogenated alkanes) is 1. The molecule has 6 heteroatoms. The van der Waals surface area contributed by atoms with Crippen molar-refractivity contribution in [2.45, 2.75) is 52.0 Å². The summed E-state index contributed by atoms with van der Waals surface area (Å²) in [6.07, 6.45) is 2.43. The quantitative estimate of drug-likeness (QED) is 0.435. The molecule has 0 bridgehead atoms. The lowest BCUT2D eigenvalue weighted by molar-refractivity contribution is -0.142. The molecule has 0 heterocycles. The molecule has 19 heavy (non-hydrogen) atoms. The summed E-state index contributed by atoms with van der Waals surface area (Å²) < 4.78 is 5.28. The molecule has 2 N–H and O–H groups in total. The predicted molar refractivity (Wildman–Crippen MR) is 69.8 cm³/mol. The first-order valence-corrected chi connectivity index (χ1v) is 6.56. The van der Waals surface area contributed by atoms with Crippen LogP contribution in [0.5, 0.6) is 0 Å². The molecule has 1 unspecified atom stereocenters. The number of carbonyl (C=O) groups excluding carboxylic acids is 2. The van der Waals surface area contributed by atoms with E-state index < -0.39 is 17.9 Å². The second-order valence-corrected chi connectivity index (χ2v) is 4.45. The first-order chi connectivity index (χ1) is 8.97. The third-order valence-electron chi connectivity index (χ3n) is 2.42. The minimum atomic E-state index is -1.08. The number of ketones is 1. The number of Topliss-reactive ketones (excluding diaryl/α,β-unsaturated/α-hetero) is 1. The highest BCUT2D eigenvalue weighted by Gasteiger charge is 2.19. The Morgan fingerprint density at radius 2 is 1.89 bits per heavy atom. The van der Waals surface area contributed by atoms with Gasteiger partial charge in [0.2, 0.25) is 5.91 Å². The van der Waals surface area contributed by atoms with Crippen molar-refractivity contribution in [1.82, 2.24) is 5.32 Å². The lowest BCUT2D eigenvalue weighted by Crippen LogP contribution is -2.41. The van der Waals surface area contributed by atoms with E-state index in [1.54, 1.807) is 0 Å². The molecule has 1 amide bonds. The average molecular weight is 273 g/mol. The third kappa shape index (κ3) is 10.2. The number of rotatable bonds is 11. The predicted octanol–water partition coefficient (Wildman–Crippen LogP) is 1.13. The summed E-state index contributed by atoms with van der Waals surface area (Å²) in [4.78, 5) is 33.0. The zero-order valence-electron chi connectivity index (χ0n) is 11.6. The fourth-order valence-corrected chi connectivity index (χ4v) is 1.53. The average Bonchev–Trinajstić information content (AvgIpc) is 2.30. The van der Waals surface area contributed by atoms with Crippen molar-refractivity contribution in [3.05, 3.63) is 0 Å². The van der Waals surface area contributed by atoms with Crippen LogP contribution in [0.25, 0.3) is 0 Å². The molecule has 6 nitrogen and oxygen atoms in total. The van der Waals surface area contributed by atoms with Gasteiger partial charge in [0.05, 0.1) is 6.42 Å². The number of hydrogen-bond donors (Lipinski definition) is 2. The molecule has 0 fully saturated rings. The van der Waals surface area contributed by atoms with Crippen LogP contribution in [-0.2, 0) is 19.1 Å². The first-order valence-electron chi connectivity index (χ1n) is 6.56. The van der Waals surface area contributed by atoms with Gasteiger partial charge in [-0.05, 0) is 32.6 Å². The largest absolute Gasteiger partial charge is 0.480 e. The molecule has 1 atom stereocenters. The van der Waals surface area contributed by atoms with E-state index in [2.05, 4.69) is 5.32 Å². The maximum Gasteiger partial charge on any atom is 0.326 e. The van der Waals surface area contributed by atoms with Crippen LogP contribution in [0.1, 0.15) is 46.0 Å². The molecule has 0 rings (SSSR count). The molecular weight excluding hydrogens is 250 g/mol. The van der Waals surface area contributed by atoms with E-state index in [0.717, 1.165) is 12.8 Å². The van der Waals surface area contributed by atoms with Crippen LogP contribution in [0.3, 0.4) is 0 Å². The van der Waals surface area contributed by atoms with E-state index in [1.165, 1.54) is 6.92 Å². The van der Waals surface area contributed by atoms with E-state index in [9.17, 15) is 14.4 Å². The smallest absolute Gasteiger partial charge is 0.326 e. The summed E-state index contributed by atoms with van der Waals surface area (Å²) in [6, 6.07) is -0.932. The van der Waals surface area contributed by atoms with Gasteiger partial charge in [0.1, 0.15) is 11.8 Å². The molecule has 0 aromatic carbocycles. The Bertz CT molecular complexity index is 303. The lowest BCUT2D eigenvalue weighted by atomic mass is 10.1. The van der Waals surface area contributed by atoms with Crippen LogP contribution in [0, 0.1) is 0 Å². The Morgan fingerprint density at radius 3 is 2.42 bits per heavy atom. The minimum Gasteiger partial charge on any atom is -0.480 e. The van der Waals surface area contributed by atoms with Gasteiger partial charge in [-0.1, -0.05) is 6.92 Å². The number of carboxylic acids is 1. The molecule has 110 valence electrons. The van der Waals surface area contributed by atoms with Crippen LogP contribution in [0.2, 0.25) is 0 Å². The van der Waals surface area contributed by atoms with Gasteiger partial charge in [0.25, 0.3) is 0 Å². The maximum atomic E-state index is 11.3. The highest BCUT2D eigenvalue weighted by Crippen LogP contribution is 2.03. The van der Waals surface area contributed by atoms with Gasteiger partial charge in [-0.2, -0.15) is 0 Å². The molecule has 0 saturated heterocycles. The number of ether oxygens (including phenoxy) is 1. The molecule has 0 radical (unpaired) electrons. The monoisotopic (exact) mass is 273 g/mol.